The molecule has 9 heteroatoms. The molecule has 6 nitrogen and oxygen atoms in total. The molecule has 0 saturated heterocycles. The number of amides is 2. The number of carbonyl (C=O) groups excluding carboxylic acids is 2. The topological polar surface area (TPSA) is 80.5 Å². The fraction of sp³-hybridized carbons (Fsp3) is 0. The number of nitro groups is 1. The molecule has 0 unspecified atom stereocenters. The van der Waals surface area contributed by atoms with Gasteiger partial charge < -0.3 is 0 Å². The van der Waals surface area contributed by atoms with Crippen molar-refractivity contribution in [3.63, 3.8) is 0 Å². The summed E-state index contributed by atoms with van der Waals surface area (Å²) in [7, 11) is 0. The average molecular weight is 416 g/mol. The molecule has 0 aliphatic carbocycles. The lowest BCUT2D eigenvalue weighted by molar-refractivity contribution is -0.384. The Kier molecular flexibility index (Phi) is 3.87. The molecule has 2 amide bonds. The predicted octanol–water partition coefficient (Wildman–Crippen LogP) is 4.46. The first-order valence-electron chi connectivity index (χ1n) is 6.14. The zero-order valence-corrected chi connectivity index (χ0v) is 14.1. The molecule has 2 aromatic rings. The van der Waals surface area contributed by atoms with Crippen LogP contribution in [-0.2, 0) is 0 Å². The zero-order valence-electron chi connectivity index (χ0n) is 11.0. The zero-order chi connectivity index (χ0) is 16.9. The van der Waals surface area contributed by atoms with Crippen molar-refractivity contribution in [2.24, 2.45) is 0 Å². The van der Waals surface area contributed by atoms with E-state index in [0.29, 0.717) is 0 Å². The molecule has 0 spiro atoms. The van der Waals surface area contributed by atoms with E-state index in [1.54, 1.807) is 12.1 Å². The van der Waals surface area contributed by atoms with E-state index in [9.17, 15) is 19.7 Å². The van der Waals surface area contributed by atoms with E-state index < -0.39 is 22.4 Å². The fourth-order valence-corrected chi connectivity index (χ4v) is 3.37. The highest BCUT2D eigenvalue weighted by Gasteiger charge is 2.41. The number of nitrogens with zero attached hydrogens (tertiary/aromatic N) is 2. The summed E-state index contributed by atoms with van der Waals surface area (Å²) in [6.45, 7) is 0. The first kappa shape index (κ1) is 15.9. The Morgan fingerprint density at radius 3 is 2.09 bits per heavy atom. The molecule has 1 aliphatic heterocycles. The number of benzene rings is 2. The van der Waals surface area contributed by atoms with E-state index >= 15 is 0 Å². The molecular weight excluding hydrogens is 411 g/mol. The van der Waals surface area contributed by atoms with Gasteiger partial charge in [0.05, 0.1) is 30.6 Å². The smallest absolute Gasteiger partial charge is 0.268 e. The highest BCUT2D eigenvalue weighted by molar-refractivity contribution is 9.10. The maximum absolute atomic E-state index is 12.5. The van der Waals surface area contributed by atoms with Gasteiger partial charge in [-0.3, -0.25) is 19.7 Å². The van der Waals surface area contributed by atoms with E-state index in [4.69, 9.17) is 23.2 Å². The van der Waals surface area contributed by atoms with Crippen molar-refractivity contribution in [3.8, 4) is 0 Å². The second-order valence-electron chi connectivity index (χ2n) is 4.60. The van der Waals surface area contributed by atoms with Crippen LogP contribution in [0.5, 0.6) is 0 Å². The minimum absolute atomic E-state index is 0.00729. The summed E-state index contributed by atoms with van der Waals surface area (Å²) in [5.41, 5.74) is -0.397. The SMILES string of the molecule is O=C1c2ccccc2C(=O)N1c1c([N+](=O)[O-])cc(Cl)c(Cl)c1Br. The summed E-state index contributed by atoms with van der Waals surface area (Å²) in [5, 5.41) is 11.2. The summed E-state index contributed by atoms with van der Waals surface area (Å²) in [6, 6.07) is 7.17. The number of fused-ring (bicyclic) bond motifs is 1. The molecule has 0 radical (unpaired) electrons. The van der Waals surface area contributed by atoms with Crippen molar-refractivity contribution in [1.82, 2.24) is 0 Å². The van der Waals surface area contributed by atoms with Crippen molar-refractivity contribution >= 4 is 62.3 Å². The Balaban J connectivity index is 2.29. The number of imide groups is 1. The van der Waals surface area contributed by atoms with Gasteiger partial charge in [0.2, 0.25) is 0 Å². The molecular formula is C14H5BrCl2N2O4. The van der Waals surface area contributed by atoms with E-state index in [1.807, 2.05) is 0 Å². The molecule has 23 heavy (non-hydrogen) atoms. The second kappa shape index (κ2) is 5.59. The third-order valence-electron chi connectivity index (χ3n) is 3.33. The van der Waals surface area contributed by atoms with Gasteiger partial charge in [0.1, 0.15) is 5.69 Å². The number of anilines is 1. The lowest BCUT2D eigenvalue weighted by Crippen LogP contribution is -2.30. The van der Waals surface area contributed by atoms with Crippen molar-refractivity contribution in [3.05, 3.63) is 66.1 Å². The molecule has 1 heterocycles. The maximum atomic E-state index is 12.5. The third kappa shape index (κ3) is 2.32. The van der Waals surface area contributed by atoms with Crippen LogP contribution in [-0.4, -0.2) is 16.7 Å². The van der Waals surface area contributed by atoms with Crippen LogP contribution in [0.15, 0.2) is 34.8 Å². The van der Waals surface area contributed by atoms with E-state index in [1.165, 1.54) is 12.1 Å². The van der Waals surface area contributed by atoms with Crippen molar-refractivity contribution in [2.45, 2.75) is 0 Å². The number of carbonyl (C=O) groups is 2. The third-order valence-corrected chi connectivity index (χ3v) is 5.12. The molecule has 0 fully saturated rings. The van der Waals surface area contributed by atoms with Crippen LogP contribution in [0.25, 0.3) is 0 Å². The van der Waals surface area contributed by atoms with Gasteiger partial charge in [0.15, 0.2) is 0 Å². The van der Waals surface area contributed by atoms with Crippen molar-refractivity contribution < 1.29 is 14.5 Å². The average Bonchev–Trinajstić information content (AvgIpc) is 2.77. The Hall–Kier alpha value is -1.96. The summed E-state index contributed by atoms with van der Waals surface area (Å²) in [4.78, 5) is 36.3. The van der Waals surface area contributed by atoms with Crippen LogP contribution in [0.4, 0.5) is 11.4 Å². The Bertz CT molecular complexity index is 866. The van der Waals surface area contributed by atoms with E-state index in [-0.39, 0.29) is 31.3 Å². The quantitative estimate of drug-likeness (QED) is 0.313. The number of halogens is 3. The summed E-state index contributed by atoms with van der Waals surface area (Å²) in [5.74, 6) is -1.32. The molecule has 0 atom stereocenters. The molecule has 0 aromatic heterocycles. The van der Waals surface area contributed by atoms with Gasteiger partial charge in [-0.05, 0) is 28.1 Å². The Morgan fingerprint density at radius 2 is 1.61 bits per heavy atom. The fourth-order valence-electron chi connectivity index (χ4n) is 2.32. The number of hydrogen-bond donors (Lipinski definition) is 0. The van der Waals surface area contributed by atoms with Crippen LogP contribution in [0.1, 0.15) is 20.7 Å². The molecule has 0 N–H and O–H groups in total. The Morgan fingerprint density at radius 1 is 1.09 bits per heavy atom. The van der Waals surface area contributed by atoms with Gasteiger partial charge in [-0.25, -0.2) is 4.90 Å². The molecule has 0 bridgehead atoms. The molecule has 3 rings (SSSR count). The molecule has 0 saturated carbocycles. The van der Waals surface area contributed by atoms with E-state index in [2.05, 4.69) is 15.9 Å². The minimum Gasteiger partial charge on any atom is -0.268 e. The highest BCUT2D eigenvalue weighted by Crippen LogP contribution is 2.46. The minimum atomic E-state index is -0.730. The van der Waals surface area contributed by atoms with Crippen LogP contribution >= 0.6 is 39.1 Å². The molecule has 116 valence electrons. The van der Waals surface area contributed by atoms with Gasteiger partial charge in [0.25, 0.3) is 17.5 Å². The maximum Gasteiger partial charge on any atom is 0.296 e. The number of rotatable bonds is 2. The standard InChI is InChI=1S/C14H5BrCl2N2O4/c15-10-11(17)8(16)5-9(19(22)23)12(10)18-13(20)6-3-1-2-4-7(6)14(18)21/h1-5H. The van der Waals surface area contributed by atoms with Crippen LogP contribution < -0.4 is 4.90 Å². The number of hydrogen-bond acceptors (Lipinski definition) is 4. The van der Waals surface area contributed by atoms with Gasteiger partial charge in [-0.2, -0.15) is 0 Å². The normalized spacial score (nSPS) is 13.4. The lowest BCUT2D eigenvalue weighted by atomic mass is 10.1. The lowest BCUT2D eigenvalue weighted by Gasteiger charge is -2.17. The van der Waals surface area contributed by atoms with Crippen LogP contribution in [0.3, 0.4) is 0 Å². The van der Waals surface area contributed by atoms with Gasteiger partial charge in [0, 0.05) is 6.07 Å². The van der Waals surface area contributed by atoms with Gasteiger partial charge in [-0.1, -0.05) is 35.3 Å². The van der Waals surface area contributed by atoms with Gasteiger partial charge in [-0.15, -0.1) is 0 Å². The summed E-state index contributed by atoms with van der Waals surface area (Å²) < 4.78 is 0.00729. The summed E-state index contributed by atoms with van der Waals surface area (Å²) >= 11 is 14.9. The summed E-state index contributed by atoms with van der Waals surface area (Å²) in [6.07, 6.45) is 0. The highest BCUT2D eigenvalue weighted by atomic mass is 79.9. The van der Waals surface area contributed by atoms with Crippen molar-refractivity contribution in [1.29, 1.82) is 0 Å². The first-order valence-corrected chi connectivity index (χ1v) is 7.69. The van der Waals surface area contributed by atoms with Crippen LogP contribution in [0.2, 0.25) is 10.0 Å². The Labute approximate surface area is 147 Å². The van der Waals surface area contributed by atoms with Crippen LogP contribution in [0, 0.1) is 10.1 Å². The monoisotopic (exact) mass is 414 g/mol. The first-order chi connectivity index (χ1) is 10.8. The van der Waals surface area contributed by atoms with Crippen molar-refractivity contribution in [2.75, 3.05) is 4.90 Å². The molecule has 1 aliphatic rings. The largest absolute Gasteiger partial charge is 0.296 e. The van der Waals surface area contributed by atoms with E-state index in [0.717, 1.165) is 11.0 Å². The molecule has 2 aromatic carbocycles. The number of nitro benzene ring substituents is 1. The second-order valence-corrected chi connectivity index (χ2v) is 6.18. The predicted molar refractivity (Wildman–Crippen MR) is 88.4 cm³/mol. The van der Waals surface area contributed by atoms with Gasteiger partial charge >= 0.3 is 0 Å².